The molecule has 4 rings (SSSR count). The van der Waals surface area contributed by atoms with Crippen LogP contribution in [0.4, 0.5) is 11.4 Å². The van der Waals surface area contributed by atoms with Gasteiger partial charge in [0, 0.05) is 30.9 Å². The summed E-state index contributed by atoms with van der Waals surface area (Å²) in [5.74, 6) is -0.173. The Balaban J connectivity index is 1.37. The van der Waals surface area contributed by atoms with Crippen molar-refractivity contribution in [3.63, 3.8) is 0 Å². The number of hydrogen-bond donors (Lipinski definition) is 1. The number of aryl methyl sites for hydroxylation is 2. The number of carbonyl (C=O) groups is 1. The van der Waals surface area contributed by atoms with E-state index in [0.29, 0.717) is 17.8 Å². The molecule has 1 aliphatic heterocycles. The van der Waals surface area contributed by atoms with Gasteiger partial charge in [-0.15, -0.1) is 0 Å². The van der Waals surface area contributed by atoms with Gasteiger partial charge in [-0.3, -0.25) is 9.10 Å². The van der Waals surface area contributed by atoms with Crippen LogP contribution in [0.5, 0.6) is 0 Å². The topological polar surface area (TPSA) is 79.0 Å². The maximum atomic E-state index is 12.7. The predicted molar refractivity (Wildman–Crippen MR) is 144 cm³/mol. The molecule has 36 heavy (non-hydrogen) atoms. The summed E-state index contributed by atoms with van der Waals surface area (Å²) in [4.78, 5) is 15.0. The third kappa shape index (κ3) is 6.65. The quantitative estimate of drug-likeness (QED) is 0.498. The molecule has 1 fully saturated rings. The van der Waals surface area contributed by atoms with Gasteiger partial charge in [-0.05, 0) is 72.5 Å². The van der Waals surface area contributed by atoms with Gasteiger partial charge >= 0.3 is 0 Å². The maximum Gasteiger partial charge on any atom is 0.251 e. The first-order chi connectivity index (χ1) is 17.2. The molecule has 0 atom stereocenters. The molecule has 1 heterocycles. The monoisotopic (exact) mass is 507 g/mol. The summed E-state index contributed by atoms with van der Waals surface area (Å²) in [5.41, 5.74) is 6.15. The number of nitrogens with one attached hydrogen (secondary N) is 1. The lowest BCUT2D eigenvalue weighted by Gasteiger charge is -2.28. The number of benzene rings is 3. The molecular formula is C28H33N3O4S. The number of carbonyl (C=O) groups excluding carboxylic acids is 1. The van der Waals surface area contributed by atoms with Gasteiger partial charge in [-0.1, -0.05) is 30.3 Å². The van der Waals surface area contributed by atoms with Crippen molar-refractivity contribution in [1.82, 2.24) is 5.32 Å². The summed E-state index contributed by atoms with van der Waals surface area (Å²) in [6, 6.07) is 21.0. The molecule has 0 saturated carbocycles. The Morgan fingerprint density at radius 1 is 0.917 bits per heavy atom. The Labute approximate surface area is 213 Å². The van der Waals surface area contributed by atoms with Gasteiger partial charge in [0.05, 0.1) is 31.7 Å². The summed E-state index contributed by atoms with van der Waals surface area (Å²) in [5, 5.41) is 2.96. The van der Waals surface area contributed by atoms with Crippen molar-refractivity contribution < 1.29 is 17.9 Å². The summed E-state index contributed by atoms with van der Waals surface area (Å²) < 4.78 is 31.8. The molecule has 1 N–H and O–H groups in total. The van der Waals surface area contributed by atoms with Gasteiger partial charge < -0.3 is 15.0 Å². The third-order valence-electron chi connectivity index (χ3n) is 6.20. The highest BCUT2D eigenvalue weighted by Gasteiger charge is 2.19. The van der Waals surface area contributed by atoms with Gasteiger partial charge in [0.2, 0.25) is 10.0 Å². The van der Waals surface area contributed by atoms with Crippen LogP contribution in [0, 0.1) is 13.8 Å². The number of sulfonamides is 1. The molecule has 8 heteroatoms. The van der Waals surface area contributed by atoms with E-state index in [2.05, 4.69) is 22.3 Å². The Bertz CT molecular complexity index is 1280. The Morgan fingerprint density at radius 3 is 2.08 bits per heavy atom. The largest absolute Gasteiger partial charge is 0.378 e. The van der Waals surface area contributed by atoms with Crippen molar-refractivity contribution in [3.8, 4) is 0 Å². The van der Waals surface area contributed by atoms with Gasteiger partial charge in [-0.25, -0.2) is 8.42 Å². The second-order valence-corrected chi connectivity index (χ2v) is 11.2. The molecule has 0 radical (unpaired) electrons. The van der Waals surface area contributed by atoms with E-state index in [1.165, 1.54) is 10.6 Å². The van der Waals surface area contributed by atoms with Crippen LogP contribution in [0.1, 0.15) is 32.6 Å². The average molecular weight is 508 g/mol. The molecule has 190 valence electrons. The number of rotatable bonds is 8. The van der Waals surface area contributed by atoms with Crippen molar-refractivity contribution in [2.24, 2.45) is 0 Å². The molecule has 0 aromatic heterocycles. The lowest BCUT2D eigenvalue weighted by Crippen LogP contribution is -2.36. The van der Waals surface area contributed by atoms with E-state index in [0.717, 1.165) is 54.2 Å². The Morgan fingerprint density at radius 2 is 1.50 bits per heavy atom. The van der Waals surface area contributed by atoms with Gasteiger partial charge in [0.15, 0.2) is 0 Å². The van der Waals surface area contributed by atoms with Crippen LogP contribution >= 0.6 is 0 Å². The molecule has 0 bridgehead atoms. The van der Waals surface area contributed by atoms with Crippen LogP contribution in [0.25, 0.3) is 0 Å². The molecule has 1 amide bonds. The molecule has 0 aliphatic carbocycles. The molecule has 3 aromatic rings. The second kappa shape index (κ2) is 11.1. The number of morpholine rings is 1. The second-order valence-electron chi connectivity index (χ2n) is 9.26. The SMILES string of the molecule is Cc1cc(C)cc(N(Cc2ccc(C(=O)NCc3ccc(N4CCOCC4)cc3)cc2)S(C)(=O)=O)c1. The van der Waals surface area contributed by atoms with E-state index in [4.69, 9.17) is 4.74 Å². The molecular weight excluding hydrogens is 474 g/mol. The third-order valence-corrected chi connectivity index (χ3v) is 7.34. The van der Waals surface area contributed by atoms with Crippen molar-refractivity contribution in [1.29, 1.82) is 0 Å². The zero-order valence-electron chi connectivity index (χ0n) is 21.0. The van der Waals surface area contributed by atoms with Crippen molar-refractivity contribution >= 4 is 27.3 Å². The van der Waals surface area contributed by atoms with E-state index >= 15 is 0 Å². The van der Waals surface area contributed by atoms with E-state index in [9.17, 15) is 13.2 Å². The first-order valence-corrected chi connectivity index (χ1v) is 13.9. The minimum absolute atomic E-state index is 0.173. The minimum Gasteiger partial charge on any atom is -0.378 e. The van der Waals surface area contributed by atoms with Gasteiger partial charge in [-0.2, -0.15) is 0 Å². The fourth-order valence-corrected chi connectivity index (χ4v) is 5.22. The zero-order valence-corrected chi connectivity index (χ0v) is 21.8. The van der Waals surface area contributed by atoms with Crippen molar-refractivity contribution in [3.05, 3.63) is 94.5 Å². The summed E-state index contributed by atoms with van der Waals surface area (Å²) in [7, 11) is -3.48. The Kier molecular flexibility index (Phi) is 7.96. The number of ether oxygens (including phenoxy) is 1. The van der Waals surface area contributed by atoms with E-state index < -0.39 is 10.0 Å². The van der Waals surface area contributed by atoms with E-state index in [-0.39, 0.29) is 12.5 Å². The lowest BCUT2D eigenvalue weighted by atomic mass is 10.1. The highest BCUT2D eigenvalue weighted by atomic mass is 32.2. The smallest absolute Gasteiger partial charge is 0.251 e. The van der Waals surface area contributed by atoms with Crippen molar-refractivity contribution in [2.45, 2.75) is 26.9 Å². The number of hydrogen-bond acceptors (Lipinski definition) is 5. The number of amides is 1. The van der Waals surface area contributed by atoms with Crippen LogP contribution in [-0.4, -0.2) is 46.9 Å². The lowest BCUT2D eigenvalue weighted by molar-refractivity contribution is 0.0951. The zero-order chi connectivity index (χ0) is 25.7. The Hall–Kier alpha value is -3.36. The molecule has 0 spiro atoms. The fraction of sp³-hybridized carbons (Fsp3) is 0.321. The predicted octanol–water partition coefficient (Wildman–Crippen LogP) is 4.04. The fourth-order valence-electron chi connectivity index (χ4n) is 4.35. The molecule has 0 unspecified atom stereocenters. The van der Waals surface area contributed by atoms with Gasteiger partial charge in [0.25, 0.3) is 5.91 Å². The van der Waals surface area contributed by atoms with Gasteiger partial charge in [0.1, 0.15) is 0 Å². The van der Waals surface area contributed by atoms with Crippen LogP contribution in [-0.2, 0) is 27.8 Å². The number of nitrogens with zero attached hydrogens (tertiary/aromatic N) is 2. The molecule has 7 nitrogen and oxygen atoms in total. The molecule has 3 aromatic carbocycles. The number of anilines is 2. The minimum atomic E-state index is -3.48. The summed E-state index contributed by atoms with van der Waals surface area (Å²) in [6.45, 7) is 7.78. The van der Waals surface area contributed by atoms with E-state index in [1.54, 1.807) is 24.3 Å². The normalized spacial score (nSPS) is 13.9. The van der Waals surface area contributed by atoms with E-state index in [1.807, 2.05) is 44.2 Å². The van der Waals surface area contributed by atoms with Crippen LogP contribution in [0.2, 0.25) is 0 Å². The molecule has 1 saturated heterocycles. The highest BCUT2D eigenvalue weighted by molar-refractivity contribution is 7.92. The van der Waals surface area contributed by atoms with Crippen LogP contribution < -0.4 is 14.5 Å². The standard InChI is InChI=1S/C28H33N3O4S/c1-21-16-22(2)18-27(17-21)31(36(3,33)34)20-24-4-8-25(9-5-24)28(32)29-19-23-6-10-26(11-7-23)30-12-14-35-15-13-30/h4-11,16-18H,12-15,19-20H2,1-3H3,(H,29,32). The first-order valence-electron chi connectivity index (χ1n) is 12.0. The molecule has 1 aliphatic rings. The van der Waals surface area contributed by atoms with Crippen LogP contribution in [0.15, 0.2) is 66.7 Å². The highest BCUT2D eigenvalue weighted by Crippen LogP contribution is 2.24. The van der Waals surface area contributed by atoms with Crippen LogP contribution in [0.3, 0.4) is 0 Å². The summed E-state index contributed by atoms with van der Waals surface area (Å²) >= 11 is 0. The van der Waals surface area contributed by atoms with Crippen molar-refractivity contribution in [2.75, 3.05) is 41.8 Å². The first kappa shape index (κ1) is 25.7. The average Bonchev–Trinajstić information content (AvgIpc) is 2.86. The summed E-state index contributed by atoms with van der Waals surface area (Å²) in [6.07, 6.45) is 1.21. The maximum absolute atomic E-state index is 12.7.